The number of carbonyl (C=O) groups is 1. The molecule has 41 heavy (non-hydrogen) atoms. The van der Waals surface area contributed by atoms with Gasteiger partial charge in [-0.2, -0.15) is 0 Å². The van der Waals surface area contributed by atoms with Gasteiger partial charge in [0.05, 0.1) is 18.5 Å². The number of hydrogen-bond acceptors (Lipinski definition) is 6. The Bertz CT molecular complexity index is 1830. The number of nitrogens with one attached hydrogen (secondary N) is 1. The fourth-order valence-electron chi connectivity index (χ4n) is 4.58. The first-order valence-electron chi connectivity index (χ1n) is 13.1. The Labute approximate surface area is 242 Å². The van der Waals surface area contributed by atoms with Gasteiger partial charge in [0.25, 0.3) is 5.91 Å². The molecular formula is C34H27N3O3S. The van der Waals surface area contributed by atoms with Crippen LogP contribution in [0.1, 0.15) is 15.2 Å². The van der Waals surface area contributed by atoms with Crippen molar-refractivity contribution in [1.82, 2.24) is 4.98 Å². The number of methoxy groups -OCH3 is 1. The number of nitrogens with two attached hydrogens (primary N) is 1. The minimum absolute atomic E-state index is 0.292. The van der Waals surface area contributed by atoms with Crippen LogP contribution in [0.4, 0.5) is 11.4 Å². The summed E-state index contributed by atoms with van der Waals surface area (Å²) in [6.07, 6.45) is 0. The van der Waals surface area contributed by atoms with Crippen molar-refractivity contribution in [3.05, 3.63) is 120 Å². The number of fused-ring (bicyclic) bond motifs is 1. The molecule has 0 aliphatic heterocycles. The highest BCUT2D eigenvalue weighted by molar-refractivity contribution is 7.21. The Balaban J connectivity index is 1.35. The monoisotopic (exact) mass is 557 g/mol. The van der Waals surface area contributed by atoms with Crippen LogP contribution < -0.4 is 20.5 Å². The molecule has 0 atom stereocenters. The van der Waals surface area contributed by atoms with Gasteiger partial charge in [-0.25, -0.2) is 4.98 Å². The van der Waals surface area contributed by atoms with E-state index in [0.717, 1.165) is 39.3 Å². The van der Waals surface area contributed by atoms with Crippen LogP contribution in [0, 0.1) is 6.92 Å². The Morgan fingerprint density at radius 1 is 0.805 bits per heavy atom. The maximum absolute atomic E-state index is 13.4. The summed E-state index contributed by atoms with van der Waals surface area (Å²) in [5.41, 5.74) is 12.5. The van der Waals surface area contributed by atoms with Gasteiger partial charge < -0.3 is 20.5 Å². The molecule has 0 radical (unpaired) electrons. The standard InChI is InChI=1S/C34H27N3O3S/c1-21-8-10-23(11-9-21)29-20-28(22-12-16-25(39-2)17-13-22)30-31(35)32(41-34(30)37-29)33(38)36-24-14-18-27(19-15-24)40-26-6-4-3-5-7-26/h3-20H,35H2,1-2H3,(H,36,38). The van der Waals surface area contributed by atoms with Crippen LogP contribution in [0.25, 0.3) is 32.6 Å². The number of carbonyl (C=O) groups excluding carboxylic acids is 1. The molecule has 4 aromatic carbocycles. The Morgan fingerprint density at radius 2 is 1.44 bits per heavy atom. The molecule has 202 valence electrons. The molecule has 1 amide bonds. The van der Waals surface area contributed by atoms with E-state index in [1.54, 1.807) is 19.2 Å². The van der Waals surface area contributed by atoms with Crippen molar-refractivity contribution in [2.45, 2.75) is 6.92 Å². The zero-order chi connectivity index (χ0) is 28.3. The second-order valence-corrected chi connectivity index (χ2v) is 10.6. The van der Waals surface area contributed by atoms with Crippen molar-refractivity contribution < 1.29 is 14.3 Å². The summed E-state index contributed by atoms with van der Waals surface area (Å²) in [6.45, 7) is 2.05. The number of hydrogen-bond donors (Lipinski definition) is 2. The molecule has 6 rings (SSSR count). The third-order valence-corrected chi connectivity index (χ3v) is 7.84. The van der Waals surface area contributed by atoms with E-state index >= 15 is 0 Å². The summed E-state index contributed by atoms with van der Waals surface area (Å²) in [7, 11) is 1.64. The van der Waals surface area contributed by atoms with E-state index in [2.05, 4.69) is 36.5 Å². The van der Waals surface area contributed by atoms with Gasteiger partial charge >= 0.3 is 0 Å². The lowest BCUT2D eigenvalue weighted by Crippen LogP contribution is -2.11. The van der Waals surface area contributed by atoms with Crippen molar-refractivity contribution >= 4 is 38.8 Å². The molecule has 6 aromatic rings. The molecule has 2 heterocycles. The third kappa shape index (κ3) is 5.48. The summed E-state index contributed by atoms with van der Waals surface area (Å²) in [6, 6.07) is 34.8. The average Bonchev–Trinajstić information content (AvgIpc) is 3.35. The van der Waals surface area contributed by atoms with E-state index in [1.165, 1.54) is 16.9 Å². The van der Waals surface area contributed by atoms with E-state index in [-0.39, 0.29) is 5.91 Å². The summed E-state index contributed by atoms with van der Waals surface area (Å²) in [5, 5.41) is 3.73. The highest BCUT2D eigenvalue weighted by atomic mass is 32.1. The molecule has 0 spiro atoms. The molecule has 0 unspecified atom stereocenters. The highest BCUT2D eigenvalue weighted by Gasteiger charge is 2.22. The number of anilines is 2. The smallest absolute Gasteiger partial charge is 0.267 e. The number of aromatic nitrogens is 1. The van der Waals surface area contributed by atoms with Crippen LogP contribution in [0.2, 0.25) is 0 Å². The number of pyridine rings is 1. The fraction of sp³-hybridized carbons (Fsp3) is 0.0588. The zero-order valence-corrected chi connectivity index (χ0v) is 23.4. The molecule has 6 nitrogen and oxygen atoms in total. The van der Waals surface area contributed by atoms with E-state index < -0.39 is 0 Å². The zero-order valence-electron chi connectivity index (χ0n) is 22.5. The maximum atomic E-state index is 13.4. The van der Waals surface area contributed by atoms with E-state index in [9.17, 15) is 4.79 Å². The maximum Gasteiger partial charge on any atom is 0.267 e. The summed E-state index contributed by atoms with van der Waals surface area (Å²) < 4.78 is 11.2. The van der Waals surface area contributed by atoms with Gasteiger partial charge in [-0.1, -0.05) is 60.2 Å². The first-order valence-corrected chi connectivity index (χ1v) is 13.9. The SMILES string of the molecule is COc1ccc(-c2cc(-c3ccc(C)cc3)nc3sc(C(=O)Nc4ccc(Oc5ccccc5)cc4)c(N)c23)cc1. The Hall–Kier alpha value is -5.14. The number of ether oxygens (including phenoxy) is 2. The average molecular weight is 558 g/mol. The number of para-hydroxylation sites is 1. The molecule has 2 aromatic heterocycles. The Morgan fingerprint density at radius 3 is 2.12 bits per heavy atom. The van der Waals surface area contributed by atoms with Gasteiger partial charge in [-0.15, -0.1) is 11.3 Å². The molecule has 0 aliphatic rings. The van der Waals surface area contributed by atoms with Crippen LogP contribution in [-0.2, 0) is 0 Å². The van der Waals surface area contributed by atoms with Gasteiger partial charge in [-0.05, 0) is 72.6 Å². The molecule has 3 N–H and O–H groups in total. The quantitative estimate of drug-likeness (QED) is 0.205. The number of nitrogen functional groups attached to an aromatic ring is 1. The molecule has 0 saturated carbocycles. The number of rotatable bonds is 7. The van der Waals surface area contributed by atoms with Crippen LogP contribution in [-0.4, -0.2) is 18.0 Å². The molecule has 0 aliphatic carbocycles. The van der Waals surface area contributed by atoms with Crippen LogP contribution >= 0.6 is 11.3 Å². The molecule has 0 saturated heterocycles. The van der Waals surface area contributed by atoms with Gasteiger partial charge in [0.15, 0.2) is 0 Å². The highest BCUT2D eigenvalue weighted by Crippen LogP contribution is 2.42. The van der Waals surface area contributed by atoms with Gasteiger partial charge in [-0.3, -0.25) is 4.79 Å². The van der Waals surface area contributed by atoms with Crippen molar-refractivity contribution in [3.8, 4) is 39.6 Å². The first kappa shape index (κ1) is 26.1. The van der Waals surface area contributed by atoms with Crippen molar-refractivity contribution in [2.75, 3.05) is 18.2 Å². The van der Waals surface area contributed by atoms with Gasteiger partial charge in [0.2, 0.25) is 0 Å². The second-order valence-electron chi connectivity index (χ2n) is 9.57. The van der Waals surface area contributed by atoms with E-state index in [4.69, 9.17) is 20.2 Å². The van der Waals surface area contributed by atoms with Gasteiger partial charge in [0.1, 0.15) is 27.0 Å². The van der Waals surface area contributed by atoms with Gasteiger partial charge in [0, 0.05) is 16.6 Å². The van der Waals surface area contributed by atoms with Crippen LogP contribution in [0.15, 0.2) is 109 Å². The molecule has 7 heteroatoms. The number of benzene rings is 4. The number of amides is 1. The van der Waals surface area contributed by atoms with E-state index in [1.807, 2.05) is 72.8 Å². The molecule has 0 fully saturated rings. The lowest BCUT2D eigenvalue weighted by molar-refractivity contribution is 0.103. The molecular weight excluding hydrogens is 530 g/mol. The third-order valence-electron chi connectivity index (χ3n) is 6.74. The first-order chi connectivity index (χ1) is 20.0. The fourth-order valence-corrected chi connectivity index (χ4v) is 5.59. The number of thiophene rings is 1. The Kier molecular flexibility index (Phi) is 7.10. The summed E-state index contributed by atoms with van der Waals surface area (Å²) in [5.74, 6) is 1.89. The lowest BCUT2D eigenvalue weighted by atomic mass is 9.99. The molecule has 0 bridgehead atoms. The number of nitrogens with zero attached hydrogens (tertiary/aromatic N) is 1. The van der Waals surface area contributed by atoms with Crippen molar-refractivity contribution in [3.63, 3.8) is 0 Å². The minimum Gasteiger partial charge on any atom is -0.497 e. The summed E-state index contributed by atoms with van der Waals surface area (Å²) >= 11 is 1.29. The van der Waals surface area contributed by atoms with Crippen molar-refractivity contribution in [2.24, 2.45) is 0 Å². The van der Waals surface area contributed by atoms with Crippen LogP contribution in [0.5, 0.6) is 17.2 Å². The largest absolute Gasteiger partial charge is 0.497 e. The van der Waals surface area contributed by atoms with E-state index in [0.29, 0.717) is 26.8 Å². The predicted molar refractivity (Wildman–Crippen MR) is 167 cm³/mol. The van der Waals surface area contributed by atoms with Crippen LogP contribution in [0.3, 0.4) is 0 Å². The normalized spacial score (nSPS) is 10.9. The summed E-state index contributed by atoms with van der Waals surface area (Å²) in [4.78, 5) is 19.5. The van der Waals surface area contributed by atoms with Crippen molar-refractivity contribution in [1.29, 1.82) is 0 Å². The minimum atomic E-state index is -0.292. The topological polar surface area (TPSA) is 86.5 Å². The predicted octanol–water partition coefficient (Wildman–Crippen LogP) is 8.57. The second kappa shape index (κ2) is 11.2. The lowest BCUT2D eigenvalue weighted by Gasteiger charge is -2.10. The number of aryl methyl sites for hydroxylation is 1.